The predicted octanol–water partition coefficient (Wildman–Crippen LogP) is 3.36. The number of aromatic nitrogens is 1. The number of ether oxygens (including phenoxy) is 1. The lowest BCUT2D eigenvalue weighted by molar-refractivity contribution is 0.101. The van der Waals surface area contributed by atoms with E-state index < -0.39 is 6.29 Å². The molecule has 31 heavy (non-hydrogen) atoms. The van der Waals surface area contributed by atoms with Crippen LogP contribution in [0.1, 0.15) is 21.6 Å². The minimum atomic E-state index is -0.547. The van der Waals surface area contributed by atoms with E-state index in [-0.39, 0.29) is 5.91 Å². The summed E-state index contributed by atoms with van der Waals surface area (Å²) >= 11 is 1.62. The third-order valence-corrected chi connectivity index (χ3v) is 5.87. The monoisotopic (exact) mass is 435 g/mol. The Labute approximate surface area is 184 Å². The van der Waals surface area contributed by atoms with Crippen LogP contribution in [-0.4, -0.2) is 16.8 Å². The molecule has 8 heteroatoms. The van der Waals surface area contributed by atoms with E-state index in [1.165, 1.54) is 0 Å². The number of aryl methyl sites for hydroxylation is 1. The first kappa shape index (κ1) is 21.1. The van der Waals surface area contributed by atoms with E-state index in [1.807, 2.05) is 77.7 Å². The molecule has 0 radical (unpaired) electrons. The van der Waals surface area contributed by atoms with E-state index >= 15 is 0 Å². The van der Waals surface area contributed by atoms with Gasteiger partial charge in [0.25, 0.3) is 5.91 Å². The fourth-order valence-corrected chi connectivity index (χ4v) is 4.17. The summed E-state index contributed by atoms with van der Waals surface area (Å²) in [6.45, 7) is 0.924. The van der Waals surface area contributed by atoms with Gasteiger partial charge in [-0.2, -0.15) is 0 Å². The molecule has 7 nitrogen and oxygen atoms in total. The highest BCUT2D eigenvalue weighted by Crippen LogP contribution is 2.25. The first-order valence-electron chi connectivity index (χ1n) is 9.90. The molecular formula is C23H25N5O2S. The molecule has 160 valence electrons. The first-order valence-corrected chi connectivity index (χ1v) is 10.8. The highest BCUT2D eigenvalue weighted by atomic mass is 32.1. The highest BCUT2D eigenvalue weighted by Gasteiger charge is 2.15. The number of anilines is 1. The number of benzene rings is 2. The molecule has 0 aliphatic rings. The molecule has 0 spiro atoms. The summed E-state index contributed by atoms with van der Waals surface area (Å²) in [5, 5.41) is 8.01. The predicted molar refractivity (Wildman–Crippen MR) is 125 cm³/mol. The van der Waals surface area contributed by atoms with Crippen molar-refractivity contribution < 1.29 is 9.53 Å². The van der Waals surface area contributed by atoms with E-state index in [1.54, 1.807) is 11.3 Å². The Balaban J connectivity index is 1.42. The first-order chi connectivity index (χ1) is 15.0. The molecule has 2 aromatic heterocycles. The van der Waals surface area contributed by atoms with Crippen LogP contribution in [-0.2, 0) is 20.2 Å². The average Bonchev–Trinajstić information content (AvgIpc) is 3.35. The Kier molecular flexibility index (Phi) is 6.34. The van der Waals surface area contributed by atoms with Gasteiger partial charge in [-0.1, -0.05) is 30.3 Å². The molecule has 0 bridgehead atoms. The van der Waals surface area contributed by atoms with Crippen molar-refractivity contribution in [2.45, 2.75) is 19.4 Å². The minimum absolute atomic E-state index is 0.145. The van der Waals surface area contributed by atoms with Crippen LogP contribution in [0.5, 0.6) is 5.75 Å². The number of amides is 1. The zero-order valence-electron chi connectivity index (χ0n) is 17.2. The van der Waals surface area contributed by atoms with Gasteiger partial charge in [0, 0.05) is 24.8 Å². The van der Waals surface area contributed by atoms with Crippen LogP contribution < -0.4 is 26.8 Å². The van der Waals surface area contributed by atoms with Gasteiger partial charge in [0.1, 0.15) is 24.3 Å². The van der Waals surface area contributed by atoms with E-state index in [0.29, 0.717) is 18.8 Å². The van der Waals surface area contributed by atoms with Crippen molar-refractivity contribution in [2.75, 3.05) is 5.32 Å². The Morgan fingerprint density at radius 1 is 1.13 bits per heavy atom. The van der Waals surface area contributed by atoms with E-state index in [9.17, 15) is 4.79 Å². The van der Waals surface area contributed by atoms with Crippen LogP contribution in [0.4, 0.5) is 5.69 Å². The Morgan fingerprint density at radius 3 is 2.65 bits per heavy atom. The van der Waals surface area contributed by atoms with Gasteiger partial charge >= 0.3 is 0 Å². The van der Waals surface area contributed by atoms with Crippen molar-refractivity contribution in [2.24, 2.45) is 18.5 Å². The molecule has 0 saturated carbocycles. The second-order valence-electron chi connectivity index (χ2n) is 7.21. The topological polar surface area (TPSA) is 107 Å². The lowest BCUT2D eigenvalue weighted by atomic mass is 10.2. The SMILES string of the molecule is Cn1c(C(=O)Nc2ccccc2COc2ccc(CNC(N)N)cc2)cc2sccc21. The van der Waals surface area contributed by atoms with Gasteiger partial charge in [-0.15, -0.1) is 11.3 Å². The molecule has 0 aliphatic carbocycles. The van der Waals surface area contributed by atoms with Crippen LogP contribution in [0.25, 0.3) is 10.2 Å². The van der Waals surface area contributed by atoms with Crippen molar-refractivity contribution in [1.29, 1.82) is 0 Å². The summed E-state index contributed by atoms with van der Waals surface area (Å²) < 4.78 is 8.94. The summed E-state index contributed by atoms with van der Waals surface area (Å²) in [4.78, 5) is 12.9. The number of carbonyl (C=O) groups excluding carboxylic acids is 1. The van der Waals surface area contributed by atoms with Gasteiger partial charge in [0.05, 0.1) is 10.2 Å². The van der Waals surface area contributed by atoms with Crippen molar-refractivity contribution in [3.8, 4) is 5.75 Å². The second kappa shape index (κ2) is 9.32. The largest absolute Gasteiger partial charge is 0.489 e. The minimum Gasteiger partial charge on any atom is -0.489 e. The Hall–Kier alpha value is -3.17. The summed E-state index contributed by atoms with van der Waals surface area (Å²) in [6.07, 6.45) is -0.547. The van der Waals surface area contributed by atoms with Gasteiger partial charge in [-0.05, 0) is 41.3 Å². The fourth-order valence-electron chi connectivity index (χ4n) is 3.32. The van der Waals surface area contributed by atoms with Crippen molar-refractivity contribution in [3.05, 3.63) is 82.9 Å². The number of hydrogen-bond acceptors (Lipinski definition) is 6. The number of para-hydroxylation sites is 1. The smallest absolute Gasteiger partial charge is 0.272 e. The fraction of sp³-hybridized carbons (Fsp3) is 0.174. The van der Waals surface area contributed by atoms with Crippen LogP contribution in [0, 0.1) is 0 Å². The number of hydrogen-bond donors (Lipinski definition) is 4. The molecule has 2 heterocycles. The highest BCUT2D eigenvalue weighted by molar-refractivity contribution is 7.17. The van der Waals surface area contributed by atoms with Crippen molar-refractivity contribution in [3.63, 3.8) is 0 Å². The maximum Gasteiger partial charge on any atom is 0.272 e. The number of nitrogens with one attached hydrogen (secondary N) is 2. The molecule has 2 aromatic carbocycles. The molecule has 0 unspecified atom stereocenters. The van der Waals surface area contributed by atoms with E-state index in [0.717, 1.165) is 32.8 Å². The van der Waals surface area contributed by atoms with Gasteiger partial charge in [-0.3, -0.25) is 10.1 Å². The molecule has 0 atom stereocenters. The number of nitrogens with zero attached hydrogens (tertiary/aromatic N) is 1. The number of fused-ring (bicyclic) bond motifs is 1. The van der Waals surface area contributed by atoms with E-state index in [4.69, 9.17) is 16.2 Å². The molecule has 0 aliphatic heterocycles. The standard InChI is InChI=1S/C23H25N5O2S/c1-28-19-10-11-31-21(19)12-20(28)22(29)27-18-5-3-2-4-16(18)14-30-17-8-6-15(7-9-17)13-26-23(24)25/h2-12,23,26H,13-14,24-25H2,1H3,(H,27,29). The lowest BCUT2D eigenvalue weighted by Gasteiger charge is -2.13. The Bertz CT molecular complexity index is 1180. The van der Waals surface area contributed by atoms with Crippen LogP contribution in [0.15, 0.2) is 66.0 Å². The van der Waals surface area contributed by atoms with Crippen LogP contribution in [0.3, 0.4) is 0 Å². The summed E-state index contributed by atoms with van der Waals surface area (Å²) in [6, 6.07) is 19.3. The molecule has 4 rings (SSSR count). The number of thiophene rings is 1. The lowest BCUT2D eigenvalue weighted by Crippen LogP contribution is -2.44. The second-order valence-corrected chi connectivity index (χ2v) is 8.16. The molecule has 6 N–H and O–H groups in total. The number of nitrogens with two attached hydrogens (primary N) is 2. The maximum absolute atomic E-state index is 12.9. The van der Waals surface area contributed by atoms with E-state index in [2.05, 4.69) is 10.6 Å². The number of rotatable bonds is 8. The van der Waals surface area contributed by atoms with Gasteiger partial charge in [0.15, 0.2) is 0 Å². The van der Waals surface area contributed by atoms with Crippen LogP contribution >= 0.6 is 11.3 Å². The summed E-state index contributed by atoms with van der Waals surface area (Å²) in [5.74, 6) is 0.595. The zero-order chi connectivity index (χ0) is 21.8. The molecular weight excluding hydrogens is 410 g/mol. The Morgan fingerprint density at radius 2 is 1.90 bits per heavy atom. The van der Waals surface area contributed by atoms with Crippen molar-refractivity contribution in [1.82, 2.24) is 9.88 Å². The van der Waals surface area contributed by atoms with Crippen molar-refractivity contribution >= 4 is 33.1 Å². The van der Waals surface area contributed by atoms with Gasteiger partial charge in [-0.25, -0.2) is 0 Å². The molecule has 0 fully saturated rings. The summed E-state index contributed by atoms with van der Waals surface area (Å²) in [7, 11) is 1.90. The third-order valence-electron chi connectivity index (χ3n) is 5.02. The molecule has 1 amide bonds. The molecule has 4 aromatic rings. The zero-order valence-corrected chi connectivity index (χ0v) is 18.0. The van der Waals surface area contributed by atoms with Crippen LogP contribution in [0.2, 0.25) is 0 Å². The summed E-state index contributed by atoms with van der Waals surface area (Å²) in [5.41, 5.74) is 15.4. The average molecular weight is 436 g/mol. The third kappa shape index (κ3) is 4.95. The van der Waals surface area contributed by atoms with Gasteiger partial charge < -0.3 is 26.1 Å². The molecule has 0 saturated heterocycles. The quantitative estimate of drug-likeness (QED) is 0.318. The number of carbonyl (C=O) groups is 1. The normalized spacial score (nSPS) is 11.2. The maximum atomic E-state index is 12.9. The van der Waals surface area contributed by atoms with Gasteiger partial charge in [0.2, 0.25) is 0 Å².